The summed E-state index contributed by atoms with van der Waals surface area (Å²) in [5.41, 5.74) is 1.94. The summed E-state index contributed by atoms with van der Waals surface area (Å²) in [5, 5.41) is 0. The van der Waals surface area contributed by atoms with Crippen molar-refractivity contribution in [1.82, 2.24) is 9.80 Å². The number of likely N-dealkylation sites (tertiary alicyclic amines) is 1. The normalized spacial score (nSPS) is 17.0. The van der Waals surface area contributed by atoms with E-state index in [1.807, 2.05) is 36.2 Å². The second kappa shape index (κ2) is 8.31. The molecule has 2 aromatic carbocycles. The Kier molecular flexibility index (Phi) is 5.86. The van der Waals surface area contributed by atoms with Crippen molar-refractivity contribution < 1.29 is 18.7 Å². The van der Waals surface area contributed by atoms with Crippen LogP contribution < -0.4 is 4.74 Å². The number of carbonyl (C=O) groups excluding carboxylic acids is 2. The van der Waals surface area contributed by atoms with Crippen molar-refractivity contribution in [2.45, 2.75) is 25.4 Å². The van der Waals surface area contributed by atoms with Gasteiger partial charge < -0.3 is 4.74 Å². The van der Waals surface area contributed by atoms with Gasteiger partial charge in [0.2, 0.25) is 11.8 Å². The number of halogens is 1. The lowest BCUT2D eigenvalue weighted by Crippen LogP contribution is -2.40. The number of ether oxygens (including phenoxy) is 1. The highest BCUT2D eigenvalue weighted by atomic mass is 19.1. The number of carbonyl (C=O) groups is 2. The molecule has 1 aliphatic heterocycles. The Morgan fingerprint density at radius 3 is 2.33 bits per heavy atom. The molecule has 1 saturated heterocycles. The summed E-state index contributed by atoms with van der Waals surface area (Å²) >= 11 is 0. The van der Waals surface area contributed by atoms with Crippen LogP contribution in [-0.4, -0.2) is 48.4 Å². The number of methoxy groups -OCH3 is 1. The van der Waals surface area contributed by atoms with Gasteiger partial charge in [0.25, 0.3) is 0 Å². The van der Waals surface area contributed by atoms with Crippen molar-refractivity contribution in [2.24, 2.45) is 0 Å². The Labute approximate surface area is 158 Å². The smallest absolute Gasteiger partial charge is 0.247 e. The molecule has 142 valence electrons. The summed E-state index contributed by atoms with van der Waals surface area (Å²) in [7, 11) is 3.42. The summed E-state index contributed by atoms with van der Waals surface area (Å²) in [6.45, 7) is 0.848. The van der Waals surface area contributed by atoms with Crippen LogP contribution in [0.15, 0.2) is 48.5 Å². The third-order valence-electron chi connectivity index (χ3n) is 4.88. The van der Waals surface area contributed by atoms with Gasteiger partial charge in [0, 0.05) is 13.1 Å². The summed E-state index contributed by atoms with van der Waals surface area (Å²) in [4.78, 5) is 28.2. The van der Waals surface area contributed by atoms with Crippen LogP contribution in [0, 0.1) is 5.82 Å². The average molecular weight is 370 g/mol. The van der Waals surface area contributed by atoms with Gasteiger partial charge in [0.1, 0.15) is 11.6 Å². The van der Waals surface area contributed by atoms with E-state index in [4.69, 9.17) is 4.74 Å². The van der Waals surface area contributed by atoms with E-state index in [1.165, 1.54) is 17.0 Å². The van der Waals surface area contributed by atoms with Crippen LogP contribution in [0.1, 0.15) is 17.5 Å². The molecule has 0 spiro atoms. The number of nitrogens with zero attached hydrogens (tertiary/aromatic N) is 2. The Balaban J connectivity index is 1.59. The molecule has 0 N–H and O–H groups in total. The predicted molar refractivity (Wildman–Crippen MR) is 99.7 cm³/mol. The average Bonchev–Trinajstić information content (AvgIpc) is 2.96. The molecular weight excluding hydrogens is 347 g/mol. The van der Waals surface area contributed by atoms with Gasteiger partial charge in [-0.3, -0.25) is 19.4 Å². The number of benzene rings is 2. The van der Waals surface area contributed by atoms with Gasteiger partial charge in [-0.25, -0.2) is 4.39 Å². The summed E-state index contributed by atoms with van der Waals surface area (Å²) < 4.78 is 18.2. The summed E-state index contributed by atoms with van der Waals surface area (Å²) in [5.74, 6) is 0.162. The van der Waals surface area contributed by atoms with Crippen LogP contribution in [0.3, 0.4) is 0 Å². The maximum absolute atomic E-state index is 13.0. The molecule has 0 radical (unpaired) electrons. The minimum atomic E-state index is -0.474. The van der Waals surface area contributed by atoms with Crippen LogP contribution >= 0.6 is 0 Å². The highest BCUT2D eigenvalue weighted by Crippen LogP contribution is 2.21. The number of rotatable bonds is 7. The monoisotopic (exact) mass is 370 g/mol. The first kappa shape index (κ1) is 19.0. The molecule has 2 aromatic rings. The van der Waals surface area contributed by atoms with Crippen molar-refractivity contribution in [2.75, 3.05) is 20.7 Å². The largest absolute Gasteiger partial charge is 0.497 e. The minimum Gasteiger partial charge on any atom is -0.497 e. The quantitative estimate of drug-likeness (QED) is 0.703. The molecular formula is C21H23FN2O3. The minimum absolute atomic E-state index is 0.149. The van der Waals surface area contributed by atoms with Gasteiger partial charge in [-0.2, -0.15) is 0 Å². The number of hydrogen-bond donors (Lipinski definition) is 0. The predicted octanol–water partition coefficient (Wildman–Crippen LogP) is 2.64. The topological polar surface area (TPSA) is 49.9 Å². The molecule has 1 heterocycles. The highest BCUT2D eigenvalue weighted by Gasteiger charge is 2.40. The van der Waals surface area contributed by atoms with Gasteiger partial charge in [0.05, 0.1) is 19.6 Å². The van der Waals surface area contributed by atoms with E-state index in [9.17, 15) is 14.0 Å². The Hall–Kier alpha value is -2.73. The maximum atomic E-state index is 13.0. The van der Waals surface area contributed by atoms with E-state index >= 15 is 0 Å². The fraction of sp³-hybridized carbons (Fsp3) is 0.333. The fourth-order valence-corrected chi connectivity index (χ4v) is 3.27. The van der Waals surface area contributed by atoms with Crippen molar-refractivity contribution >= 4 is 11.8 Å². The van der Waals surface area contributed by atoms with Gasteiger partial charge in [0.15, 0.2) is 0 Å². The molecule has 3 rings (SSSR count). The van der Waals surface area contributed by atoms with Crippen LogP contribution in [-0.2, 0) is 22.6 Å². The highest BCUT2D eigenvalue weighted by molar-refractivity contribution is 6.05. The molecule has 2 amide bonds. The number of amides is 2. The zero-order valence-corrected chi connectivity index (χ0v) is 15.5. The van der Waals surface area contributed by atoms with Gasteiger partial charge in [-0.1, -0.05) is 24.3 Å². The first-order valence-electron chi connectivity index (χ1n) is 8.90. The molecule has 0 bridgehead atoms. The van der Waals surface area contributed by atoms with Crippen LogP contribution in [0.5, 0.6) is 5.75 Å². The van der Waals surface area contributed by atoms with Gasteiger partial charge in [-0.15, -0.1) is 0 Å². The van der Waals surface area contributed by atoms with Gasteiger partial charge in [-0.05, 0) is 48.9 Å². The van der Waals surface area contributed by atoms with Crippen LogP contribution in [0.4, 0.5) is 4.39 Å². The molecule has 1 fully saturated rings. The van der Waals surface area contributed by atoms with E-state index < -0.39 is 6.04 Å². The standard InChI is InChI=1S/C21H23FN2O3/c1-23(14-16-3-7-17(22)8-4-16)19-13-20(25)24(21(19)26)12-11-15-5-9-18(27-2)10-6-15/h3-10,19H,11-14H2,1-2H3. The van der Waals surface area contributed by atoms with E-state index in [-0.39, 0.29) is 24.1 Å². The van der Waals surface area contributed by atoms with E-state index in [1.54, 1.807) is 19.2 Å². The second-order valence-electron chi connectivity index (χ2n) is 6.74. The molecule has 6 heteroatoms. The Morgan fingerprint density at radius 1 is 1.07 bits per heavy atom. The first-order valence-corrected chi connectivity index (χ1v) is 8.90. The van der Waals surface area contributed by atoms with Crippen molar-refractivity contribution in [3.63, 3.8) is 0 Å². The third-order valence-corrected chi connectivity index (χ3v) is 4.88. The maximum Gasteiger partial charge on any atom is 0.247 e. The van der Waals surface area contributed by atoms with Crippen molar-refractivity contribution in [3.05, 3.63) is 65.5 Å². The van der Waals surface area contributed by atoms with E-state index in [0.29, 0.717) is 19.5 Å². The first-order chi connectivity index (χ1) is 13.0. The molecule has 1 unspecified atom stereocenters. The zero-order chi connectivity index (χ0) is 19.4. The van der Waals surface area contributed by atoms with Crippen molar-refractivity contribution in [1.29, 1.82) is 0 Å². The fourth-order valence-electron chi connectivity index (χ4n) is 3.27. The lowest BCUT2D eigenvalue weighted by atomic mass is 10.1. The van der Waals surface area contributed by atoms with E-state index in [2.05, 4.69) is 0 Å². The lowest BCUT2D eigenvalue weighted by Gasteiger charge is -2.23. The van der Waals surface area contributed by atoms with E-state index in [0.717, 1.165) is 16.9 Å². The van der Waals surface area contributed by atoms with Gasteiger partial charge >= 0.3 is 0 Å². The molecule has 1 aliphatic rings. The molecule has 0 aliphatic carbocycles. The molecule has 5 nitrogen and oxygen atoms in total. The third kappa shape index (κ3) is 4.52. The Bertz CT molecular complexity index is 805. The molecule has 0 aromatic heterocycles. The zero-order valence-electron chi connectivity index (χ0n) is 15.5. The molecule has 27 heavy (non-hydrogen) atoms. The Morgan fingerprint density at radius 2 is 1.70 bits per heavy atom. The van der Waals surface area contributed by atoms with Crippen LogP contribution in [0.25, 0.3) is 0 Å². The SMILES string of the molecule is COc1ccc(CCN2C(=O)CC(N(C)Cc3ccc(F)cc3)C2=O)cc1. The number of hydrogen-bond acceptors (Lipinski definition) is 4. The number of likely N-dealkylation sites (N-methyl/N-ethyl adjacent to an activating group) is 1. The second-order valence-corrected chi connectivity index (χ2v) is 6.74. The molecule has 1 atom stereocenters. The molecule has 0 saturated carbocycles. The lowest BCUT2D eigenvalue weighted by molar-refractivity contribution is -0.139. The number of imide groups is 1. The van der Waals surface area contributed by atoms with Crippen molar-refractivity contribution in [3.8, 4) is 5.75 Å². The van der Waals surface area contributed by atoms with Crippen LogP contribution in [0.2, 0.25) is 0 Å². The summed E-state index contributed by atoms with van der Waals surface area (Å²) in [6, 6.07) is 13.3. The summed E-state index contributed by atoms with van der Waals surface area (Å²) in [6.07, 6.45) is 0.787.